The molecule has 1 aliphatic rings. The lowest BCUT2D eigenvalue weighted by molar-refractivity contribution is 0.316. The Morgan fingerprint density at radius 2 is 2.06 bits per heavy atom. The molecule has 0 spiro atoms. The monoisotopic (exact) mass is 240 g/mol. The minimum Gasteiger partial charge on any atom is -0.330 e. The molecule has 1 heterocycles. The molecule has 2 aromatic rings. The summed E-state index contributed by atoms with van der Waals surface area (Å²) in [6.07, 6.45) is 9.09. The maximum absolute atomic E-state index is 5.96. The highest BCUT2D eigenvalue weighted by molar-refractivity contribution is 5.85. The molecule has 0 aliphatic heterocycles. The van der Waals surface area contributed by atoms with E-state index in [0.717, 1.165) is 6.54 Å². The summed E-state index contributed by atoms with van der Waals surface area (Å²) in [5.41, 5.74) is 7.44. The largest absolute Gasteiger partial charge is 0.330 e. The van der Waals surface area contributed by atoms with Crippen LogP contribution in [0.15, 0.2) is 36.7 Å². The third-order valence-corrected chi connectivity index (χ3v) is 4.33. The molecule has 1 aromatic heterocycles. The number of pyridine rings is 1. The lowest BCUT2D eigenvalue weighted by Gasteiger charge is -2.31. The Hall–Kier alpha value is -1.41. The number of aromatic nitrogens is 1. The topological polar surface area (TPSA) is 38.9 Å². The second-order valence-corrected chi connectivity index (χ2v) is 5.33. The minimum absolute atomic E-state index is 0.634. The molecule has 18 heavy (non-hydrogen) atoms. The average molecular weight is 240 g/mol. The van der Waals surface area contributed by atoms with E-state index in [1.165, 1.54) is 42.0 Å². The predicted octanol–water partition coefficient (Wildman–Crippen LogP) is 3.47. The van der Waals surface area contributed by atoms with Crippen LogP contribution < -0.4 is 5.73 Å². The van der Waals surface area contributed by atoms with Crippen LogP contribution in [0.4, 0.5) is 0 Å². The second-order valence-electron chi connectivity index (χ2n) is 5.33. The van der Waals surface area contributed by atoms with Crippen molar-refractivity contribution in [3.63, 3.8) is 0 Å². The zero-order chi connectivity index (χ0) is 12.4. The summed E-state index contributed by atoms with van der Waals surface area (Å²) < 4.78 is 0. The first kappa shape index (κ1) is 11.7. The van der Waals surface area contributed by atoms with Crippen LogP contribution in [0.2, 0.25) is 0 Å². The van der Waals surface area contributed by atoms with Gasteiger partial charge in [0, 0.05) is 17.8 Å². The van der Waals surface area contributed by atoms with Crippen LogP contribution in [0, 0.1) is 5.92 Å². The SMILES string of the molecule is NCC1CCCCC1c1cccc2cnccc12. The van der Waals surface area contributed by atoms with Gasteiger partial charge in [0.05, 0.1) is 0 Å². The van der Waals surface area contributed by atoms with E-state index in [1.807, 2.05) is 12.4 Å². The highest BCUT2D eigenvalue weighted by Gasteiger charge is 2.26. The van der Waals surface area contributed by atoms with Crippen molar-refractivity contribution < 1.29 is 0 Å². The van der Waals surface area contributed by atoms with E-state index < -0.39 is 0 Å². The van der Waals surface area contributed by atoms with Crippen molar-refractivity contribution in [1.29, 1.82) is 0 Å². The first-order chi connectivity index (χ1) is 8.90. The van der Waals surface area contributed by atoms with Crippen molar-refractivity contribution in [3.05, 3.63) is 42.2 Å². The van der Waals surface area contributed by atoms with Crippen molar-refractivity contribution in [2.45, 2.75) is 31.6 Å². The molecule has 1 fully saturated rings. The van der Waals surface area contributed by atoms with Crippen LogP contribution in [0.3, 0.4) is 0 Å². The molecule has 2 heteroatoms. The van der Waals surface area contributed by atoms with E-state index in [0.29, 0.717) is 11.8 Å². The number of nitrogens with zero attached hydrogens (tertiary/aromatic N) is 1. The van der Waals surface area contributed by atoms with Gasteiger partial charge in [-0.3, -0.25) is 4.98 Å². The predicted molar refractivity (Wildman–Crippen MR) is 75.5 cm³/mol. The Morgan fingerprint density at radius 3 is 2.94 bits per heavy atom. The van der Waals surface area contributed by atoms with E-state index in [1.54, 1.807) is 0 Å². The molecule has 2 atom stereocenters. The first-order valence-electron chi connectivity index (χ1n) is 6.93. The van der Waals surface area contributed by atoms with Gasteiger partial charge in [-0.2, -0.15) is 0 Å². The van der Waals surface area contributed by atoms with Crippen LogP contribution >= 0.6 is 0 Å². The highest BCUT2D eigenvalue weighted by atomic mass is 14.6. The van der Waals surface area contributed by atoms with Gasteiger partial charge in [-0.05, 0) is 48.2 Å². The summed E-state index contributed by atoms with van der Waals surface area (Å²) in [5, 5.41) is 2.61. The molecule has 0 amide bonds. The zero-order valence-corrected chi connectivity index (χ0v) is 10.7. The molecular weight excluding hydrogens is 220 g/mol. The van der Waals surface area contributed by atoms with Gasteiger partial charge in [0.1, 0.15) is 0 Å². The van der Waals surface area contributed by atoms with E-state index in [9.17, 15) is 0 Å². The van der Waals surface area contributed by atoms with Gasteiger partial charge in [0.25, 0.3) is 0 Å². The molecule has 1 aliphatic carbocycles. The molecule has 94 valence electrons. The van der Waals surface area contributed by atoms with Gasteiger partial charge in [0.15, 0.2) is 0 Å². The smallest absolute Gasteiger partial charge is 0.0346 e. The molecule has 0 bridgehead atoms. The fourth-order valence-corrected chi connectivity index (χ4v) is 3.37. The summed E-state index contributed by atoms with van der Waals surface area (Å²) in [5.74, 6) is 1.28. The molecule has 0 saturated heterocycles. The average Bonchev–Trinajstić information content (AvgIpc) is 2.46. The Morgan fingerprint density at radius 1 is 1.17 bits per heavy atom. The van der Waals surface area contributed by atoms with Gasteiger partial charge in [0.2, 0.25) is 0 Å². The van der Waals surface area contributed by atoms with Crippen LogP contribution in [-0.2, 0) is 0 Å². The third-order valence-electron chi connectivity index (χ3n) is 4.33. The van der Waals surface area contributed by atoms with Crippen molar-refractivity contribution in [2.24, 2.45) is 11.7 Å². The molecular formula is C16H20N2. The van der Waals surface area contributed by atoms with Crippen LogP contribution in [0.25, 0.3) is 10.8 Å². The van der Waals surface area contributed by atoms with Crippen molar-refractivity contribution in [3.8, 4) is 0 Å². The molecule has 0 radical (unpaired) electrons. The summed E-state index contributed by atoms with van der Waals surface area (Å²) in [4.78, 5) is 4.21. The Labute approximate surface area is 108 Å². The van der Waals surface area contributed by atoms with E-state index in [-0.39, 0.29) is 0 Å². The molecule has 1 aromatic carbocycles. The van der Waals surface area contributed by atoms with Gasteiger partial charge < -0.3 is 5.73 Å². The molecule has 2 N–H and O–H groups in total. The molecule has 2 unspecified atom stereocenters. The Kier molecular flexibility index (Phi) is 3.28. The molecule has 2 nitrogen and oxygen atoms in total. The van der Waals surface area contributed by atoms with Crippen molar-refractivity contribution in [2.75, 3.05) is 6.54 Å². The van der Waals surface area contributed by atoms with Crippen molar-refractivity contribution in [1.82, 2.24) is 4.98 Å². The summed E-state index contributed by atoms with van der Waals surface area (Å²) in [7, 11) is 0. The third kappa shape index (κ3) is 2.01. The standard InChI is InChI=1S/C16H20N2/c17-10-12-4-1-2-6-14(12)16-7-3-5-13-11-18-9-8-15(13)16/h3,5,7-9,11-12,14H,1-2,4,6,10,17H2. The lowest BCUT2D eigenvalue weighted by atomic mass is 9.74. The summed E-state index contributed by atoms with van der Waals surface area (Å²) >= 11 is 0. The van der Waals surface area contributed by atoms with Crippen LogP contribution in [-0.4, -0.2) is 11.5 Å². The molecule has 1 saturated carbocycles. The Bertz CT molecular complexity index is 530. The number of benzene rings is 1. The van der Waals surface area contributed by atoms with Gasteiger partial charge in [-0.25, -0.2) is 0 Å². The number of fused-ring (bicyclic) bond motifs is 1. The fraction of sp³-hybridized carbons (Fsp3) is 0.438. The van der Waals surface area contributed by atoms with E-state index >= 15 is 0 Å². The van der Waals surface area contributed by atoms with Crippen molar-refractivity contribution >= 4 is 10.8 Å². The quantitative estimate of drug-likeness (QED) is 0.873. The minimum atomic E-state index is 0.634. The first-order valence-corrected chi connectivity index (χ1v) is 6.93. The summed E-state index contributed by atoms with van der Waals surface area (Å²) in [6.45, 7) is 0.812. The number of nitrogens with two attached hydrogens (primary N) is 1. The maximum Gasteiger partial charge on any atom is 0.0346 e. The van der Waals surface area contributed by atoms with Gasteiger partial charge >= 0.3 is 0 Å². The van der Waals surface area contributed by atoms with E-state index in [2.05, 4.69) is 29.2 Å². The van der Waals surface area contributed by atoms with Crippen LogP contribution in [0.5, 0.6) is 0 Å². The van der Waals surface area contributed by atoms with E-state index in [4.69, 9.17) is 5.73 Å². The maximum atomic E-state index is 5.96. The number of rotatable bonds is 2. The zero-order valence-electron chi connectivity index (χ0n) is 10.7. The summed E-state index contributed by atoms with van der Waals surface area (Å²) in [6, 6.07) is 8.72. The molecule has 3 rings (SSSR count). The van der Waals surface area contributed by atoms with Gasteiger partial charge in [-0.15, -0.1) is 0 Å². The number of hydrogen-bond donors (Lipinski definition) is 1. The highest BCUT2D eigenvalue weighted by Crippen LogP contribution is 2.39. The normalized spacial score (nSPS) is 24.3. The van der Waals surface area contributed by atoms with Crippen LogP contribution in [0.1, 0.15) is 37.2 Å². The lowest BCUT2D eigenvalue weighted by Crippen LogP contribution is -2.25. The Balaban J connectivity index is 2.07. The fourth-order valence-electron chi connectivity index (χ4n) is 3.37. The second kappa shape index (κ2) is 5.07. The van der Waals surface area contributed by atoms with Gasteiger partial charge in [-0.1, -0.05) is 31.0 Å². The number of hydrogen-bond acceptors (Lipinski definition) is 2.